The second-order valence-electron chi connectivity index (χ2n) is 6.22. The third-order valence-electron chi connectivity index (χ3n) is 4.44. The summed E-state index contributed by atoms with van der Waals surface area (Å²) in [6.45, 7) is -0.995. The van der Waals surface area contributed by atoms with Gasteiger partial charge in [-0.05, 0) is 35.1 Å². The zero-order valence-corrected chi connectivity index (χ0v) is 15.1. The van der Waals surface area contributed by atoms with Crippen molar-refractivity contribution in [3.8, 4) is 11.5 Å². The average Bonchev–Trinajstić information content (AvgIpc) is 3.16. The van der Waals surface area contributed by atoms with E-state index in [4.69, 9.17) is 9.47 Å². The van der Waals surface area contributed by atoms with Crippen molar-refractivity contribution in [2.45, 2.75) is 19.6 Å². The molecule has 0 spiro atoms. The van der Waals surface area contributed by atoms with Gasteiger partial charge in [0.15, 0.2) is 11.5 Å². The number of hydrogen-bond acceptors (Lipinski definition) is 6. The number of benzene rings is 2. The molecule has 1 atom stereocenters. The van der Waals surface area contributed by atoms with Crippen LogP contribution in [-0.2, 0) is 0 Å². The zero-order valence-electron chi connectivity index (χ0n) is 15.1. The summed E-state index contributed by atoms with van der Waals surface area (Å²) in [4.78, 5) is 0. The number of hydrogen-bond donors (Lipinski definition) is 1. The molecule has 0 saturated carbocycles. The van der Waals surface area contributed by atoms with Gasteiger partial charge in [0.1, 0.15) is 6.04 Å². The summed E-state index contributed by atoms with van der Waals surface area (Å²) in [5.74, 6) is 0.554. The van der Waals surface area contributed by atoms with E-state index in [0.717, 1.165) is 16.8 Å². The number of aryl methyl sites for hydroxylation is 1. The third kappa shape index (κ3) is 3.26. The number of aromatic nitrogens is 4. The molecule has 2 heterocycles. The quantitative estimate of drug-likeness (QED) is 0.723. The van der Waals surface area contributed by atoms with Crippen LogP contribution in [0.5, 0.6) is 11.5 Å². The van der Waals surface area contributed by atoms with E-state index in [0.29, 0.717) is 11.5 Å². The Bertz CT molecular complexity index is 1020. The molecule has 0 radical (unpaired) electrons. The van der Waals surface area contributed by atoms with Gasteiger partial charge in [-0.1, -0.05) is 47.1 Å². The molecule has 2 aromatic carbocycles. The lowest BCUT2D eigenvalue weighted by molar-refractivity contribution is -0.0520. The Labute approximate surface area is 159 Å². The van der Waals surface area contributed by atoms with E-state index in [-0.39, 0.29) is 11.5 Å². The first kappa shape index (κ1) is 17.9. The van der Waals surface area contributed by atoms with Gasteiger partial charge >= 0.3 is 6.61 Å². The van der Waals surface area contributed by atoms with Crippen LogP contribution in [0, 0.1) is 6.92 Å². The lowest BCUT2D eigenvalue weighted by Gasteiger charge is -2.25. The molecule has 0 amide bonds. The minimum Gasteiger partial charge on any atom is -0.493 e. The van der Waals surface area contributed by atoms with Crippen LogP contribution in [0.15, 0.2) is 48.5 Å². The molecule has 1 aromatic heterocycles. The highest BCUT2D eigenvalue weighted by atomic mass is 19.3. The van der Waals surface area contributed by atoms with Crippen LogP contribution in [-0.4, -0.2) is 33.9 Å². The topological polar surface area (TPSA) is 74.1 Å². The second-order valence-corrected chi connectivity index (χ2v) is 6.22. The lowest BCUT2D eigenvalue weighted by Crippen LogP contribution is -2.21. The first-order valence-electron chi connectivity index (χ1n) is 8.52. The van der Waals surface area contributed by atoms with E-state index in [1.165, 1.54) is 11.8 Å². The van der Waals surface area contributed by atoms with E-state index in [1.807, 2.05) is 37.3 Å². The van der Waals surface area contributed by atoms with E-state index in [1.54, 1.807) is 18.2 Å². The minimum atomic E-state index is -2.99. The number of ether oxygens (including phenoxy) is 2. The van der Waals surface area contributed by atoms with Crippen LogP contribution in [0.4, 0.5) is 14.7 Å². The molecule has 1 aliphatic heterocycles. The van der Waals surface area contributed by atoms with Crippen LogP contribution in [0.1, 0.15) is 22.7 Å². The second kappa shape index (κ2) is 7.26. The number of nitrogens with zero attached hydrogens (tertiary/aromatic N) is 4. The number of fused-ring (bicyclic) bond motifs is 1. The van der Waals surface area contributed by atoms with Crippen molar-refractivity contribution in [2.24, 2.45) is 0 Å². The fourth-order valence-corrected chi connectivity index (χ4v) is 3.12. The Morgan fingerprint density at radius 2 is 1.93 bits per heavy atom. The molecule has 28 heavy (non-hydrogen) atoms. The Morgan fingerprint density at radius 3 is 2.64 bits per heavy atom. The fourth-order valence-electron chi connectivity index (χ4n) is 3.12. The van der Waals surface area contributed by atoms with Gasteiger partial charge in [0.25, 0.3) is 0 Å². The standard InChI is InChI=1S/C19H17F2N5O2/c1-11-6-8-12(9-7-11)14-10-15(26-19(22-14)23-24-25-26)13-4-3-5-16(27-2)17(13)28-18(20)21/h3-10,15,18H,1-2H3,(H,22,23,25). The highest BCUT2D eigenvalue weighted by molar-refractivity contribution is 5.77. The van der Waals surface area contributed by atoms with Crippen molar-refractivity contribution in [3.63, 3.8) is 0 Å². The monoisotopic (exact) mass is 385 g/mol. The number of methoxy groups -OCH3 is 1. The van der Waals surface area contributed by atoms with Gasteiger partial charge < -0.3 is 14.8 Å². The number of alkyl halides is 2. The van der Waals surface area contributed by atoms with Gasteiger partial charge in [-0.25, -0.2) is 0 Å². The number of anilines is 1. The summed E-state index contributed by atoms with van der Waals surface area (Å²) in [5.41, 5.74) is 3.27. The molecule has 7 nitrogen and oxygen atoms in total. The van der Waals surface area contributed by atoms with E-state index in [2.05, 4.69) is 20.8 Å². The van der Waals surface area contributed by atoms with Crippen LogP contribution in [0.25, 0.3) is 5.70 Å². The number of tetrazole rings is 1. The van der Waals surface area contributed by atoms with E-state index >= 15 is 0 Å². The molecule has 9 heteroatoms. The molecule has 0 fully saturated rings. The number of rotatable bonds is 5. The summed E-state index contributed by atoms with van der Waals surface area (Å²) in [6, 6.07) is 12.3. The minimum absolute atomic E-state index is 0.0483. The third-order valence-corrected chi connectivity index (χ3v) is 4.44. The summed E-state index contributed by atoms with van der Waals surface area (Å²) >= 11 is 0. The molecule has 3 aromatic rings. The van der Waals surface area contributed by atoms with Crippen molar-refractivity contribution in [3.05, 3.63) is 65.2 Å². The average molecular weight is 385 g/mol. The van der Waals surface area contributed by atoms with Crippen LogP contribution in [0.3, 0.4) is 0 Å². The Balaban J connectivity index is 1.85. The number of para-hydroxylation sites is 1. The van der Waals surface area contributed by atoms with E-state index in [9.17, 15) is 8.78 Å². The van der Waals surface area contributed by atoms with Crippen LogP contribution < -0.4 is 14.8 Å². The molecule has 144 valence electrons. The molecule has 1 N–H and O–H groups in total. The van der Waals surface area contributed by atoms with Gasteiger partial charge in [-0.3, -0.25) is 0 Å². The van der Waals surface area contributed by atoms with Crippen molar-refractivity contribution >= 4 is 11.6 Å². The van der Waals surface area contributed by atoms with E-state index < -0.39 is 12.7 Å². The Kier molecular flexibility index (Phi) is 4.64. The highest BCUT2D eigenvalue weighted by Gasteiger charge is 2.29. The van der Waals surface area contributed by atoms with Crippen molar-refractivity contribution in [1.82, 2.24) is 20.2 Å². The number of nitrogens with one attached hydrogen (secondary N) is 1. The first-order chi connectivity index (χ1) is 13.6. The predicted octanol–water partition coefficient (Wildman–Crippen LogP) is 3.65. The molecule has 4 rings (SSSR count). The van der Waals surface area contributed by atoms with Gasteiger partial charge in [0.2, 0.25) is 5.95 Å². The van der Waals surface area contributed by atoms with Gasteiger partial charge in [-0.15, -0.1) is 0 Å². The normalized spacial score (nSPS) is 15.6. The van der Waals surface area contributed by atoms with Gasteiger partial charge in [0.05, 0.1) is 7.11 Å². The molecule has 0 saturated heterocycles. The summed E-state index contributed by atoms with van der Waals surface area (Å²) in [5, 5.41) is 14.9. The molecular formula is C19H17F2N5O2. The summed E-state index contributed by atoms with van der Waals surface area (Å²) in [6.07, 6.45) is 1.86. The van der Waals surface area contributed by atoms with Crippen LogP contribution >= 0.6 is 0 Å². The maximum atomic E-state index is 13.0. The molecule has 0 bridgehead atoms. The molecule has 1 unspecified atom stereocenters. The smallest absolute Gasteiger partial charge is 0.387 e. The predicted molar refractivity (Wildman–Crippen MR) is 98.4 cm³/mol. The maximum absolute atomic E-state index is 13.0. The van der Waals surface area contributed by atoms with Crippen molar-refractivity contribution in [1.29, 1.82) is 0 Å². The first-order valence-corrected chi connectivity index (χ1v) is 8.52. The zero-order chi connectivity index (χ0) is 19.7. The van der Waals surface area contributed by atoms with Gasteiger partial charge in [0, 0.05) is 11.3 Å². The van der Waals surface area contributed by atoms with Crippen LogP contribution in [0.2, 0.25) is 0 Å². The highest BCUT2D eigenvalue weighted by Crippen LogP contribution is 2.41. The summed E-state index contributed by atoms with van der Waals surface area (Å²) in [7, 11) is 1.40. The maximum Gasteiger partial charge on any atom is 0.387 e. The SMILES string of the molecule is COc1cccc(C2C=C(c3ccc(C)cc3)Nc3nnnn32)c1OC(F)F. The number of halogens is 2. The largest absolute Gasteiger partial charge is 0.493 e. The molecular weight excluding hydrogens is 368 g/mol. The lowest BCUT2D eigenvalue weighted by atomic mass is 10.00. The number of allylic oxidation sites excluding steroid dienone is 1. The molecule has 0 aliphatic carbocycles. The Hall–Kier alpha value is -3.49. The Morgan fingerprint density at radius 1 is 1.14 bits per heavy atom. The summed E-state index contributed by atoms with van der Waals surface area (Å²) < 4.78 is 37.6. The fraction of sp³-hybridized carbons (Fsp3) is 0.211. The molecule has 1 aliphatic rings. The van der Waals surface area contributed by atoms with Crippen molar-refractivity contribution < 1.29 is 18.3 Å². The van der Waals surface area contributed by atoms with Gasteiger partial charge in [-0.2, -0.15) is 13.5 Å². The van der Waals surface area contributed by atoms with Crippen molar-refractivity contribution in [2.75, 3.05) is 12.4 Å².